The summed E-state index contributed by atoms with van der Waals surface area (Å²) in [4.78, 5) is 37.9. The molecule has 0 aromatic heterocycles. The first-order valence-electron chi connectivity index (χ1n) is 26.8. The molecule has 0 aromatic rings. The molecule has 0 bridgehead atoms. The average molecular weight is 859 g/mol. The summed E-state index contributed by atoms with van der Waals surface area (Å²) in [6.45, 7) is 6.62. The number of esters is 3. The van der Waals surface area contributed by atoms with Crippen molar-refractivity contribution in [3.05, 3.63) is 24.3 Å². The van der Waals surface area contributed by atoms with E-state index in [0.29, 0.717) is 19.3 Å². The van der Waals surface area contributed by atoms with Crippen molar-refractivity contribution < 1.29 is 28.6 Å². The van der Waals surface area contributed by atoms with Gasteiger partial charge in [-0.05, 0) is 38.5 Å². The molecule has 0 aliphatic carbocycles. The van der Waals surface area contributed by atoms with Crippen LogP contribution >= 0.6 is 0 Å². The van der Waals surface area contributed by atoms with E-state index in [1.165, 1.54) is 193 Å². The summed E-state index contributed by atoms with van der Waals surface area (Å²) in [5.74, 6) is -0.941. The van der Waals surface area contributed by atoms with Crippen molar-refractivity contribution in [2.45, 2.75) is 297 Å². The third kappa shape index (κ3) is 48.8. The molecule has 6 nitrogen and oxygen atoms in total. The van der Waals surface area contributed by atoms with Crippen LogP contribution in [0.2, 0.25) is 0 Å². The van der Waals surface area contributed by atoms with Gasteiger partial charge in [0.1, 0.15) is 13.2 Å². The van der Waals surface area contributed by atoms with Crippen LogP contribution in [-0.4, -0.2) is 37.2 Å². The molecule has 0 amide bonds. The minimum Gasteiger partial charge on any atom is -0.462 e. The Hall–Kier alpha value is -2.11. The van der Waals surface area contributed by atoms with E-state index in [2.05, 4.69) is 39.0 Å². The molecule has 61 heavy (non-hydrogen) atoms. The van der Waals surface area contributed by atoms with E-state index in [1.54, 1.807) is 0 Å². The number of unbranched alkanes of at least 4 members (excludes halogenated alkanes) is 34. The summed E-state index contributed by atoms with van der Waals surface area (Å²) in [6, 6.07) is 0. The second-order valence-electron chi connectivity index (χ2n) is 18.2. The van der Waals surface area contributed by atoms with Gasteiger partial charge in [-0.2, -0.15) is 0 Å². The first-order valence-corrected chi connectivity index (χ1v) is 26.8. The molecule has 0 saturated carbocycles. The smallest absolute Gasteiger partial charge is 0.306 e. The molecular formula is C55H102O6. The zero-order valence-electron chi connectivity index (χ0n) is 40.9. The van der Waals surface area contributed by atoms with Crippen LogP contribution in [-0.2, 0) is 28.6 Å². The van der Waals surface area contributed by atoms with Gasteiger partial charge in [0.25, 0.3) is 0 Å². The van der Waals surface area contributed by atoms with Crippen LogP contribution in [0.3, 0.4) is 0 Å². The minimum atomic E-state index is -0.795. The van der Waals surface area contributed by atoms with Crippen LogP contribution in [0.1, 0.15) is 290 Å². The van der Waals surface area contributed by atoms with Crippen LogP contribution in [0, 0.1) is 0 Å². The zero-order valence-corrected chi connectivity index (χ0v) is 40.9. The Labute approximate surface area is 379 Å². The fourth-order valence-corrected chi connectivity index (χ4v) is 7.91. The van der Waals surface area contributed by atoms with Gasteiger partial charge in [0.2, 0.25) is 0 Å². The Bertz CT molecular complexity index is 989. The second-order valence-corrected chi connectivity index (χ2v) is 18.2. The Morgan fingerprint density at radius 1 is 0.328 bits per heavy atom. The summed E-state index contributed by atoms with van der Waals surface area (Å²) in [7, 11) is 0. The van der Waals surface area contributed by atoms with Gasteiger partial charge in [-0.1, -0.05) is 257 Å². The topological polar surface area (TPSA) is 78.9 Å². The van der Waals surface area contributed by atoms with Crippen molar-refractivity contribution in [3.8, 4) is 0 Å². The largest absolute Gasteiger partial charge is 0.462 e. The molecular weight excluding hydrogens is 757 g/mol. The molecule has 0 aliphatic rings. The molecule has 0 heterocycles. The summed E-state index contributed by atoms with van der Waals surface area (Å²) >= 11 is 0. The number of hydrogen-bond donors (Lipinski definition) is 0. The average Bonchev–Trinajstić information content (AvgIpc) is 3.26. The lowest BCUT2D eigenvalue weighted by Gasteiger charge is -2.18. The van der Waals surface area contributed by atoms with Gasteiger partial charge in [-0.15, -0.1) is 0 Å². The third-order valence-electron chi connectivity index (χ3n) is 12.0. The summed E-state index contributed by atoms with van der Waals surface area (Å²) in [5, 5.41) is 0. The minimum absolute atomic E-state index is 0.0885. The Morgan fingerprint density at radius 2 is 0.623 bits per heavy atom. The van der Waals surface area contributed by atoms with Crippen LogP contribution < -0.4 is 0 Å². The van der Waals surface area contributed by atoms with Crippen molar-refractivity contribution in [3.63, 3.8) is 0 Å². The lowest BCUT2D eigenvalue weighted by atomic mass is 10.0. The van der Waals surface area contributed by atoms with Gasteiger partial charge in [0.15, 0.2) is 6.10 Å². The van der Waals surface area contributed by atoms with Gasteiger partial charge in [0, 0.05) is 19.3 Å². The predicted molar refractivity (Wildman–Crippen MR) is 261 cm³/mol. The van der Waals surface area contributed by atoms with Gasteiger partial charge in [-0.25, -0.2) is 0 Å². The highest BCUT2D eigenvalue weighted by Crippen LogP contribution is 2.16. The van der Waals surface area contributed by atoms with Crippen LogP contribution in [0.25, 0.3) is 0 Å². The van der Waals surface area contributed by atoms with Crippen molar-refractivity contribution in [2.75, 3.05) is 13.2 Å². The Balaban J connectivity index is 4.36. The lowest BCUT2D eigenvalue weighted by Crippen LogP contribution is -2.30. The van der Waals surface area contributed by atoms with E-state index in [1.807, 2.05) is 6.08 Å². The molecule has 0 aliphatic heterocycles. The summed E-state index contributed by atoms with van der Waals surface area (Å²) in [5.41, 5.74) is 0. The number of rotatable bonds is 49. The van der Waals surface area contributed by atoms with E-state index >= 15 is 0 Å². The second kappa shape index (κ2) is 50.5. The Kier molecular flexibility index (Phi) is 48.8. The molecule has 1 unspecified atom stereocenters. The number of ether oxygens (including phenoxy) is 3. The molecule has 0 radical (unpaired) electrons. The lowest BCUT2D eigenvalue weighted by molar-refractivity contribution is -0.166. The van der Waals surface area contributed by atoms with E-state index < -0.39 is 6.10 Å². The molecule has 0 spiro atoms. The first-order chi connectivity index (χ1) is 30.0. The van der Waals surface area contributed by atoms with Crippen LogP contribution in [0.5, 0.6) is 0 Å². The SMILES string of the molecule is CCCCCCCC/C=C\C/C=C\CCC(=O)OC(COC(=O)CCCCCCCCCCCCCCC)COC(=O)CCCCCCCCCCCCCCCCCCC. The van der Waals surface area contributed by atoms with Crippen molar-refractivity contribution in [1.29, 1.82) is 0 Å². The molecule has 0 fully saturated rings. The highest BCUT2D eigenvalue weighted by molar-refractivity contribution is 5.71. The van der Waals surface area contributed by atoms with E-state index in [0.717, 1.165) is 51.4 Å². The number of carbonyl (C=O) groups is 3. The molecule has 0 aromatic carbocycles. The molecule has 6 heteroatoms. The fraction of sp³-hybridized carbons (Fsp3) is 0.873. The molecule has 1 atom stereocenters. The van der Waals surface area contributed by atoms with Gasteiger partial charge >= 0.3 is 17.9 Å². The standard InChI is InChI=1S/C55H102O6/c1-4-7-10-13-16-19-22-25-26-27-28-31-33-36-39-42-45-48-54(57)60-51-52(61-55(58)49-46-43-40-37-34-30-24-21-18-15-12-9-6-3)50-59-53(56)47-44-41-38-35-32-29-23-20-17-14-11-8-5-2/h30,34,40,43,52H,4-29,31-33,35-39,41-42,44-51H2,1-3H3/b34-30-,43-40-. The maximum atomic E-state index is 12.7. The quantitative estimate of drug-likeness (QED) is 0.0262. The van der Waals surface area contributed by atoms with Gasteiger partial charge in [0.05, 0.1) is 0 Å². The van der Waals surface area contributed by atoms with Crippen molar-refractivity contribution >= 4 is 17.9 Å². The monoisotopic (exact) mass is 859 g/mol. The summed E-state index contributed by atoms with van der Waals surface area (Å²) in [6.07, 6.45) is 57.5. The molecule has 0 rings (SSSR count). The maximum absolute atomic E-state index is 12.7. The molecule has 358 valence electrons. The Morgan fingerprint density at radius 3 is 0.967 bits per heavy atom. The highest BCUT2D eigenvalue weighted by atomic mass is 16.6. The number of hydrogen-bond acceptors (Lipinski definition) is 6. The van der Waals surface area contributed by atoms with Gasteiger partial charge in [-0.3, -0.25) is 14.4 Å². The summed E-state index contributed by atoms with van der Waals surface area (Å²) < 4.78 is 16.8. The van der Waals surface area contributed by atoms with Crippen LogP contribution in [0.15, 0.2) is 24.3 Å². The van der Waals surface area contributed by atoms with Crippen LogP contribution in [0.4, 0.5) is 0 Å². The van der Waals surface area contributed by atoms with Crippen molar-refractivity contribution in [2.24, 2.45) is 0 Å². The fourth-order valence-electron chi connectivity index (χ4n) is 7.91. The van der Waals surface area contributed by atoms with Crippen molar-refractivity contribution in [1.82, 2.24) is 0 Å². The predicted octanol–water partition coefficient (Wildman–Crippen LogP) is 17.5. The van der Waals surface area contributed by atoms with E-state index in [9.17, 15) is 14.4 Å². The van der Waals surface area contributed by atoms with Gasteiger partial charge < -0.3 is 14.2 Å². The maximum Gasteiger partial charge on any atom is 0.306 e. The third-order valence-corrected chi connectivity index (χ3v) is 12.0. The first kappa shape index (κ1) is 58.9. The molecule has 0 N–H and O–H groups in total. The highest BCUT2D eigenvalue weighted by Gasteiger charge is 2.19. The number of carbonyl (C=O) groups excluding carboxylic acids is 3. The zero-order chi connectivity index (χ0) is 44.4. The normalized spacial score (nSPS) is 12.1. The number of allylic oxidation sites excluding steroid dienone is 4. The molecule has 0 saturated heterocycles. The van der Waals surface area contributed by atoms with E-state index in [4.69, 9.17) is 14.2 Å². The van der Waals surface area contributed by atoms with E-state index in [-0.39, 0.29) is 37.5 Å².